The molecule has 0 aliphatic heterocycles. The van der Waals surface area contributed by atoms with Crippen LogP contribution in [0, 0.1) is 58.8 Å². The Kier molecular flexibility index (Phi) is 8.85. The van der Waals surface area contributed by atoms with Gasteiger partial charge in [0.2, 0.25) is 34.8 Å². The predicted molar refractivity (Wildman–Crippen MR) is 171 cm³/mol. The van der Waals surface area contributed by atoms with Gasteiger partial charge in [0.1, 0.15) is 11.5 Å². The molecule has 0 spiro atoms. The lowest BCUT2D eigenvalue weighted by atomic mass is 9.84. The van der Waals surface area contributed by atoms with Crippen molar-refractivity contribution in [2.75, 3.05) is 0 Å². The molecule has 0 radical (unpaired) electrons. The van der Waals surface area contributed by atoms with Crippen molar-refractivity contribution in [1.29, 1.82) is 0 Å². The lowest BCUT2D eigenvalue weighted by Gasteiger charge is -2.28. The van der Waals surface area contributed by atoms with Crippen LogP contribution < -0.4 is 20.1 Å². The quantitative estimate of drug-likeness (QED) is 0.168. The van der Waals surface area contributed by atoms with Gasteiger partial charge < -0.3 is 20.1 Å². The molecule has 7 rings (SSSR count). The number of carbonyl (C=O) groups excluding carboxylic acids is 2. The average molecular weight is 665 g/mol. The number of hydrogen-bond acceptors (Lipinski definition) is 4. The molecule has 4 fully saturated rings. The highest BCUT2D eigenvalue weighted by Crippen LogP contribution is 2.50. The van der Waals surface area contributed by atoms with Crippen LogP contribution in [0.5, 0.6) is 23.0 Å². The highest BCUT2D eigenvalue weighted by molar-refractivity contribution is 5.95. The van der Waals surface area contributed by atoms with E-state index in [0.717, 1.165) is 24.7 Å². The highest BCUT2D eigenvalue weighted by Gasteiger charge is 2.43. The maximum absolute atomic E-state index is 15.0. The smallest absolute Gasteiger partial charge is 0.251 e. The molecule has 48 heavy (non-hydrogen) atoms. The van der Waals surface area contributed by atoms with Gasteiger partial charge in [0.05, 0.1) is 0 Å². The van der Waals surface area contributed by atoms with Crippen LogP contribution in [0.3, 0.4) is 0 Å². The standard InChI is InChI=1S/C38H40F4N2O4/c1-19(29-17-21-3-5-25(29)15-21)43-37(45)23-7-11-27(12-8-23)47-35-31(39)33(41)36(34(42)32(35)40)48-28-13-9-24(10-14-28)38(46)44-20(2)30-18-22-4-6-26(30)16-22/h7-14,19-22,25-26,29-30H,3-6,15-18H2,1-2H3,(H,43,45)(H,44,46)/t19-,20+,21-,22-,25-,26-,29-,30-/m0/s1. The largest absolute Gasteiger partial charge is 0.451 e. The third-order valence-corrected chi connectivity index (χ3v) is 11.4. The van der Waals surface area contributed by atoms with Gasteiger partial charge in [-0.3, -0.25) is 9.59 Å². The first-order valence-corrected chi connectivity index (χ1v) is 17.1. The summed E-state index contributed by atoms with van der Waals surface area (Å²) in [5.41, 5.74) is 0.635. The molecule has 0 aromatic heterocycles. The number of rotatable bonds is 10. The number of amides is 2. The van der Waals surface area contributed by atoms with Crippen molar-refractivity contribution in [1.82, 2.24) is 10.6 Å². The van der Waals surface area contributed by atoms with Gasteiger partial charge in [-0.1, -0.05) is 12.8 Å². The van der Waals surface area contributed by atoms with Crippen LogP contribution in [0.4, 0.5) is 17.6 Å². The van der Waals surface area contributed by atoms with Gasteiger partial charge in [-0.2, -0.15) is 17.6 Å². The van der Waals surface area contributed by atoms with Crippen molar-refractivity contribution < 1.29 is 36.6 Å². The Morgan fingerprint density at radius 3 is 1.23 bits per heavy atom. The Morgan fingerprint density at radius 2 is 0.938 bits per heavy atom. The minimum atomic E-state index is -1.78. The lowest BCUT2D eigenvalue weighted by molar-refractivity contribution is 0.0907. The molecule has 4 aliphatic rings. The first-order valence-electron chi connectivity index (χ1n) is 17.1. The van der Waals surface area contributed by atoms with E-state index in [9.17, 15) is 9.59 Å². The van der Waals surface area contributed by atoms with Crippen molar-refractivity contribution in [3.63, 3.8) is 0 Å². The Morgan fingerprint density at radius 1 is 0.583 bits per heavy atom. The zero-order valence-electron chi connectivity index (χ0n) is 27.0. The summed E-state index contributed by atoms with van der Waals surface area (Å²) >= 11 is 0. The van der Waals surface area contributed by atoms with Crippen LogP contribution in [0.2, 0.25) is 0 Å². The van der Waals surface area contributed by atoms with E-state index in [0.29, 0.717) is 34.8 Å². The van der Waals surface area contributed by atoms with Gasteiger partial charge >= 0.3 is 0 Å². The fourth-order valence-electron chi connectivity index (χ4n) is 8.96. The molecule has 10 heteroatoms. The fraction of sp³-hybridized carbons (Fsp3) is 0.474. The number of fused-ring (bicyclic) bond motifs is 4. The molecule has 3 aromatic rings. The topological polar surface area (TPSA) is 76.7 Å². The number of carbonyl (C=O) groups is 2. The molecule has 4 aliphatic carbocycles. The number of ether oxygens (including phenoxy) is 2. The van der Waals surface area contributed by atoms with Crippen molar-refractivity contribution in [2.24, 2.45) is 35.5 Å². The summed E-state index contributed by atoms with van der Waals surface area (Å²) in [6.45, 7) is 4.02. The van der Waals surface area contributed by atoms with Gasteiger partial charge in [-0.25, -0.2) is 0 Å². The molecule has 2 N–H and O–H groups in total. The summed E-state index contributed by atoms with van der Waals surface area (Å²) < 4.78 is 70.5. The van der Waals surface area contributed by atoms with E-state index < -0.39 is 34.8 Å². The van der Waals surface area contributed by atoms with Crippen molar-refractivity contribution in [2.45, 2.75) is 77.3 Å². The van der Waals surface area contributed by atoms with Gasteiger partial charge in [0.25, 0.3) is 11.8 Å². The molecule has 4 bridgehead atoms. The van der Waals surface area contributed by atoms with E-state index in [-0.39, 0.29) is 35.4 Å². The third-order valence-electron chi connectivity index (χ3n) is 11.4. The summed E-state index contributed by atoms with van der Waals surface area (Å²) in [7, 11) is 0. The Labute approximate surface area is 277 Å². The molecule has 0 saturated heterocycles. The monoisotopic (exact) mass is 664 g/mol. The van der Waals surface area contributed by atoms with Gasteiger partial charge in [-0.05, 0) is 136 Å². The first-order chi connectivity index (χ1) is 23.0. The maximum Gasteiger partial charge on any atom is 0.251 e. The average Bonchev–Trinajstić information content (AvgIpc) is 3.92. The van der Waals surface area contributed by atoms with E-state index in [1.165, 1.54) is 87.1 Å². The molecule has 0 unspecified atom stereocenters. The van der Waals surface area contributed by atoms with E-state index in [1.807, 2.05) is 13.8 Å². The summed E-state index contributed by atoms with van der Waals surface area (Å²) in [5, 5.41) is 6.10. The molecule has 4 saturated carbocycles. The van der Waals surface area contributed by atoms with E-state index in [2.05, 4.69) is 10.6 Å². The number of benzene rings is 3. The van der Waals surface area contributed by atoms with E-state index in [4.69, 9.17) is 9.47 Å². The lowest BCUT2D eigenvalue weighted by Crippen LogP contribution is -2.40. The van der Waals surface area contributed by atoms with Crippen molar-refractivity contribution >= 4 is 11.8 Å². The van der Waals surface area contributed by atoms with Gasteiger partial charge in [-0.15, -0.1) is 0 Å². The minimum absolute atomic E-state index is 0.0150. The second kappa shape index (κ2) is 13.1. The molecule has 254 valence electrons. The van der Waals surface area contributed by atoms with Crippen LogP contribution >= 0.6 is 0 Å². The van der Waals surface area contributed by atoms with E-state index in [1.54, 1.807) is 0 Å². The van der Waals surface area contributed by atoms with E-state index >= 15 is 17.6 Å². The zero-order valence-corrected chi connectivity index (χ0v) is 27.0. The first kappa shape index (κ1) is 32.5. The Hall–Kier alpha value is -4.08. The summed E-state index contributed by atoms with van der Waals surface area (Å²) in [6.07, 6.45) is 9.65. The second-order valence-corrected chi connectivity index (χ2v) is 14.4. The molecule has 6 nitrogen and oxygen atoms in total. The fourth-order valence-corrected chi connectivity index (χ4v) is 8.96. The summed E-state index contributed by atoms with van der Waals surface area (Å²) in [5.74, 6) is -6.81. The van der Waals surface area contributed by atoms with Crippen LogP contribution in [0.25, 0.3) is 0 Å². The highest BCUT2D eigenvalue weighted by atomic mass is 19.2. The Balaban J connectivity index is 0.976. The van der Waals surface area contributed by atoms with Gasteiger partial charge in [0, 0.05) is 23.2 Å². The molecule has 2 amide bonds. The molecule has 3 aromatic carbocycles. The van der Waals surface area contributed by atoms with Crippen molar-refractivity contribution in [3.8, 4) is 23.0 Å². The molecular weight excluding hydrogens is 624 g/mol. The Bertz CT molecular complexity index is 1540. The molecule has 0 heterocycles. The van der Waals surface area contributed by atoms with Crippen LogP contribution in [-0.4, -0.2) is 23.9 Å². The van der Waals surface area contributed by atoms with Crippen LogP contribution in [0.15, 0.2) is 48.5 Å². The predicted octanol–water partition coefficient (Wildman–Crippen LogP) is 8.94. The van der Waals surface area contributed by atoms with Crippen molar-refractivity contribution in [3.05, 3.63) is 82.9 Å². The zero-order chi connectivity index (χ0) is 33.7. The number of halogens is 4. The normalized spacial score (nSPS) is 26.7. The van der Waals surface area contributed by atoms with Gasteiger partial charge in [0.15, 0.2) is 0 Å². The molecular formula is C38H40F4N2O4. The number of nitrogens with one attached hydrogen (secondary N) is 2. The number of hydrogen-bond donors (Lipinski definition) is 2. The minimum Gasteiger partial charge on any atom is -0.451 e. The molecule has 8 atom stereocenters. The second-order valence-electron chi connectivity index (χ2n) is 14.4. The van der Waals surface area contributed by atoms with Crippen LogP contribution in [-0.2, 0) is 0 Å². The summed E-state index contributed by atoms with van der Waals surface area (Å²) in [6, 6.07) is 10.9. The van der Waals surface area contributed by atoms with Crippen LogP contribution in [0.1, 0.15) is 85.9 Å². The third kappa shape index (κ3) is 6.26. The summed E-state index contributed by atoms with van der Waals surface area (Å²) in [4.78, 5) is 25.7. The SMILES string of the molecule is C[C@H](NC(=O)c1ccc(Oc2c(F)c(F)c(Oc3ccc(C(=O)N[C@H](C)[C@@H]4C[C@H]5CC[C@H]4C5)cc3)c(F)c2F)cc1)[C@@H]1C[C@H]2CC[C@H]1C2. The maximum atomic E-state index is 15.0.